The lowest BCUT2D eigenvalue weighted by Gasteiger charge is -2.27. The van der Waals surface area contributed by atoms with Gasteiger partial charge >= 0.3 is 6.18 Å². The van der Waals surface area contributed by atoms with Crippen LogP contribution in [-0.2, 0) is 19.0 Å². The number of nitrogens with one attached hydrogen (secondary N) is 1. The van der Waals surface area contributed by atoms with Crippen LogP contribution < -0.4 is 5.32 Å². The third kappa shape index (κ3) is 3.04. The molecule has 21 heavy (non-hydrogen) atoms. The van der Waals surface area contributed by atoms with E-state index in [2.05, 4.69) is 17.4 Å². The van der Waals surface area contributed by atoms with Crippen LogP contribution in [0.1, 0.15) is 23.1 Å². The van der Waals surface area contributed by atoms with Crippen molar-refractivity contribution in [2.45, 2.75) is 31.5 Å². The summed E-state index contributed by atoms with van der Waals surface area (Å²) < 4.78 is 39.0. The number of alkyl halides is 3. The monoisotopic (exact) mass is 291 g/mol. The molecule has 0 saturated carbocycles. The molecule has 4 heteroatoms. The van der Waals surface area contributed by atoms with Crippen molar-refractivity contribution in [1.82, 2.24) is 0 Å². The number of anilines is 1. The highest BCUT2D eigenvalue weighted by atomic mass is 19.4. The number of para-hydroxylation sites is 1. The van der Waals surface area contributed by atoms with Gasteiger partial charge in [0.05, 0.1) is 5.56 Å². The van der Waals surface area contributed by atoms with Crippen molar-refractivity contribution in [1.29, 1.82) is 0 Å². The molecule has 0 spiro atoms. The zero-order valence-corrected chi connectivity index (χ0v) is 11.5. The van der Waals surface area contributed by atoms with Gasteiger partial charge in [0.15, 0.2) is 0 Å². The zero-order valence-electron chi connectivity index (χ0n) is 11.5. The molecule has 0 amide bonds. The molecule has 2 aromatic carbocycles. The van der Waals surface area contributed by atoms with E-state index in [-0.39, 0.29) is 11.7 Å². The van der Waals surface area contributed by atoms with Gasteiger partial charge in [0.25, 0.3) is 0 Å². The van der Waals surface area contributed by atoms with E-state index in [1.165, 1.54) is 23.3 Å². The first-order chi connectivity index (χ1) is 10.0. The number of fused-ring (bicyclic) bond motifs is 1. The van der Waals surface area contributed by atoms with E-state index < -0.39 is 11.7 Å². The van der Waals surface area contributed by atoms with Crippen molar-refractivity contribution in [3.8, 4) is 0 Å². The van der Waals surface area contributed by atoms with Crippen molar-refractivity contribution in [2.24, 2.45) is 0 Å². The second kappa shape index (κ2) is 5.43. The molecule has 1 atom stereocenters. The molecule has 2 aromatic rings. The summed E-state index contributed by atoms with van der Waals surface area (Å²) in [7, 11) is 0. The third-order valence-electron chi connectivity index (χ3n) is 3.94. The van der Waals surface area contributed by atoms with Crippen LogP contribution in [0.5, 0.6) is 0 Å². The van der Waals surface area contributed by atoms with Crippen molar-refractivity contribution < 1.29 is 13.2 Å². The molecule has 3 rings (SSSR count). The van der Waals surface area contributed by atoms with Gasteiger partial charge in [0.1, 0.15) is 0 Å². The highest BCUT2D eigenvalue weighted by molar-refractivity contribution is 5.53. The highest BCUT2D eigenvalue weighted by Crippen LogP contribution is 2.35. The molecule has 0 fully saturated rings. The largest absolute Gasteiger partial charge is 0.418 e. The summed E-state index contributed by atoms with van der Waals surface area (Å²) in [5, 5.41) is 3.08. The Labute approximate surface area is 121 Å². The Kier molecular flexibility index (Phi) is 3.62. The standard InChI is InChI=1S/C17H16F3N/c18-17(19,20)15-7-3-4-8-16(15)21-14-10-9-12-5-1-2-6-13(12)11-14/h1-8,14,21H,9-11H2. The van der Waals surface area contributed by atoms with Crippen LogP contribution in [-0.4, -0.2) is 6.04 Å². The van der Waals surface area contributed by atoms with Crippen molar-refractivity contribution in [2.75, 3.05) is 5.32 Å². The van der Waals surface area contributed by atoms with E-state index in [9.17, 15) is 13.2 Å². The van der Waals surface area contributed by atoms with Gasteiger partial charge in [-0.2, -0.15) is 13.2 Å². The van der Waals surface area contributed by atoms with Crippen LogP contribution in [0.2, 0.25) is 0 Å². The lowest BCUT2D eigenvalue weighted by molar-refractivity contribution is -0.137. The Balaban J connectivity index is 1.80. The first-order valence-corrected chi connectivity index (χ1v) is 7.03. The number of aryl methyl sites for hydroxylation is 1. The van der Waals surface area contributed by atoms with Gasteiger partial charge in [-0.05, 0) is 42.5 Å². The molecule has 1 N–H and O–H groups in total. The maximum absolute atomic E-state index is 13.0. The van der Waals surface area contributed by atoms with Gasteiger partial charge in [-0.1, -0.05) is 36.4 Å². The quantitative estimate of drug-likeness (QED) is 0.847. The first kappa shape index (κ1) is 14.0. The second-order valence-electron chi connectivity index (χ2n) is 5.40. The number of halogens is 3. The predicted octanol–water partition coefficient (Wildman–Crippen LogP) is 4.67. The van der Waals surface area contributed by atoms with Crippen molar-refractivity contribution in [3.63, 3.8) is 0 Å². The number of hydrogen-bond acceptors (Lipinski definition) is 1. The summed E-state index contributed by atoms with van der Waals surface area (Å²) in [4.78, 5) is 0. The van der Waals surface area contributed by atoms with Crippen LogP contribution in [0.3, 0.4) is 0 Å². The SMILES string of the molecule is FC(F)(F)c1ccccc1NC1CCc2ccccc2C1. The molecule has 0 saturated heterocycles. The van der Waals surface area contributed by atoms with E-state index in [0.29, 0.717) is 0 Å². The van der Waals surface area contributed by atoms with Gasteiger partial charge in [0.2, 0.25) is 0 Å². The highest BCUT2D eigenvalue weighted by Gasteiger charge is 2.33. The molecule has 0 aliphatic heterocycles. The van der Waals surface area contributed by atoms with Gasteiger partial charge < -0.3 is 5.32 Å². The number of rotatable bonds is 2. The van der Waals surface area contributed by atoms with Crippen molar-refractivity contribution in [3.05, 3.63) is 65.2 Å². The average Bonchev–Trinajstić information content (AvgIpc) is 2.46. The molecule has 1 aliphatic carbocycles. The van der Waals surface area contributed by atoms with E-state index in [0.717, 1.165) is 25.3 Å². The summed E-state index contributed by atoms with van der Waals surface area (Å²) in [6.45, 7) is 0. The Hall–Kier alpha value is -1.97. The average molecular weight is 291 g/mol. The topological polar surface area (TPSA) is 12.0 Å². The van der Waals surface area contributed by atoms with Crippen LogP contribution in [0, 0.1) is 0 Å². The van der Waals surface area contributed by atoms with Gasteiger partial charge in [0, 0.05) is 11.7 Å². The maximum Gasteiger partial charge on any atom is 0.418 e. The Morgan fingerprint density at radius 2 is 1.57 bits per heavy atom. The smallest absolute Gasteiger partial charge is 0.381 e. The van der Waals surface area contributed by atoms with Gasteiger partial charge in [-0.3, -0.25) is 0 Å². The number of hydrogen-bond donors (Lipinski definition) is 1. The summed E-state index contributed by atoms with van der Waals surface area (Å²) in [6.07, 6.45) is -1.80. The Bertz CT molecular complexity index is 634. The summed E-state index contributed by atoms with van der Waals surface area (Å²) in [5.41, 5.74) is 2.11. The van der Waals surface area contributed by atoms with E-state index in [1.54, 1.807) is 6.07 Å². The fraction of sp³-hybridized carbons (Fsp3) is 0.294. The third-order valence-corrected chi connectivity index (χ3v) is 3.94. The van der Waals surface area contributed by atoms with Crippen LogP contribution in [0.4, 0.5) is 18.9 Å². The van der Waals surface area contributed by atoms with Gasteiger partial charge in [-0.25, -0.2) is 0 Å². The minimum atomic E-state index is -4.32. The fourth-order valence-electron chi connectivity index (χ4n) is 2.90. The van der Waals surface area contributed by atoms with Crippen LogP contribution in [0.25, 0.3) is 0 Å². The lowest BCUT2D eigenvalue weighted by atomic mass is 9.88. The molecule has 110 valence electrons. The molecule has 0 bridgehead atoms. The lowest BCUT2D eigenvalue weighted by Crippen LogP contribution is -2.28. The molecule has 0 radical (unpaired) electrons. The Morgan fingerprint density at radius 1 is 0.905 bits per heavy atom. The molecular formula is C17H16F3N. The molecule has 0 aromatic heterocycles. The molecule has 1 nitrogen and oxygen atoms in total. The second-order valence-corrected chi connectivity index (χ2v) is 5.40. The van der Waals surface area contributed by atoms with Crippen LogP contribution >= 0.6 is 0 Å². The van der Waals surface area contributed by atoms with Crippen LogP contribution in [0.15, 0.2) is 48.5 Å². The van der Waals surface area contributed by atoms with E-state index in [4.69, 9.17) is 0 Å². The normalized spacial score (nSPS) is 18.1. The Morgan fingerprint density at radius 3 is 2.33 bits per heavy atom. The first-order valence-electron chi connectivity index (χ1n) is 7.03. The van der Waals surface area contributed by atoms with Crippen molar-refractivity contribution >= 4 is 5.69 Å². The molecule has 1 aliphatic rings. The minimum absolute atomic E-state index is 0.0448. The summed E-state index contributed by atoms with van der Waals surface area (Å²) >= 11 is 0. The summed E-state index contributed by atoms with van der Waals surface area (Å²) in [5.74, 6) is 0. The predicted molar refractivity (Wildman–Crippen MR) is 77.3 cm³/mol. The van der Waals surface area contributed by atoms with Gasteiger partial charge in [-0.15, -0.1) is 0 Å². The van der Waals surface area contributed by atoms with E-state index in [1.807, 2.05) is 12.1 Å². The molecule has 1 unspecified atom stereocenters. The maximum atomic E-state index is 13.0. The minimum Gasteiger partial charge on any atom is -0.381 e. The number of benzene rings is 2. The van der Waals surface area contributed by atoms with E-state index >= 15 is 0 Å². The molecular weight excluding hydrogens is 275 g/mol. The fourth-order valence-corrected chi connectivity index (χ4v) is 2.90. The summed E-state index contributed by atoms with van der Waals surface area (Å²) in [6, 6.07) is 13.9. The molecule has 0 heterocycles. The zero-order chi connectivity index (χ0) is 14.9.